The summed E-state index contributed by atoms with van der Waals surface area (Å²) in [4.78, 5) is 13.0. The molecule has 1 fully saturated rings. The maximum Gasteiger partial charge on any atom is 0.257 e. The van der Waals surface area contributed by atoms with Crippen LogP contribution in [0, 0.1) is 6.92 Å². The molecule has 0 atom stereocenters. The monoisotopic (exact) mass is 377 g/mol. The zero-order valence-corrected chi connectivity index (χ0v) is 16.2. The first-order chi connectivity index (χ1) is 13.6. The molecule has 0 unspecified atom stereocenters. The van der Waals surface area contributed by atoms with E-state index in [1.165, 1.54) is 0 Å². The van der Waals surface area contributed by atoms with Crippen molar-refractivity contribution in [2.45, 2.75) is 25.7 Å². The minimum Gasteiger partial charge on any atom is -0.497 e. The number of rotatable bonds is 6. The van der Waals surface area contributed by atoms with Gasteiger partial charge in [0.15, 0.2) is 0 Å². The molecule has 1 aromatic heterocycles. The van der Waals surface area contributed by atoms with Crippen LogP contribution >= 0.6 is 0 Å². The first-order valence-electron chi connectivity index (χ1n) is 9.30. The van der Waals surface area contributed by atoms with Gasteiger partial charge in [-0.15, -0.1) is 0 Å². The fraction of sp³-hybridized carbons (Fsp3) is 0.273. The van der Waals surface area contributed by atoms with Crippen molar-refractivity contribution in [3.05, 3.63) is 65.4 Å². The van der Waals surface area contributed by atoms with Crippen LogP contribution in [0.4, 0.5) is 5.82 Å². The van der Waals surface area contributed by atoms with Crippen molar-refractivity contribution in [1.82, 2.24) is 9.78 Å². The molecular formula is C22H23N3O3. The molecule has 2 aromatic carbocycles. The molecule has 1 heterocycles. The smallest absolute Gasteiger partial charge is 0.257 e. The van der Waals surface area contributed by atoms with Gasteiger partial charge in [-0.3, -0.25) is 4.79 Å². The Bertz CT molecular complexity index is 985. The molecule has 0 bridgehead atoms. The second kappa shape index (κ2) is 7.38. The van der Waals surface area contributed by atoms with E-state index in [4.69, 9.17) is 14.6 Å². The Morgan fingerprint density at radius 3 is 2.29 bits per heavy atom. The molecule has 0 aliphatic heterocycles. The van der Waals surface area contributed by atoms with Crippen LogP contribution in [0.25, 0.3) is 5.69 Å². The minimum absolute atomic E-state index is 0.236. The molecular weight excluding hydrogens is 354 g/mol. The van der Waals surface area contributed by atoms with Gasteiger partial charge >= 0.3 is 0 Å². The number of nitrogens with zero attached hydrogens (tertiary/aromatic N) is 2. The Kier molecular flexibility index (Phi) is 4.77. The van der Waals surface area contributed by atoms with Crippen molar-refractivity contribution in [3.63, 3.8) is 0 Å². The summed E-state index contributed by atoms with van der Waals surface area (Å²) >= 11 is 0. The zero-order valence-electron chi connectivity index (χ0n) is 16.2. The van der Waals surface area contributed by atoms with E-state index in [2.05, 4.69) is 5.32 Å². The third-order valence-corrected chi connectivity index (χ3v) is 4.97. The van der Waals surface area contributed by atoms with E-state index in [9.17, 15) is 4.79 Å². The normalized spacial score (nSPS) is 13.2. The van der Waals surface area contributed by atoms with Gasteiger partial charge in [0.2, 0.25) is 0 Å². The molecule has 4 rings (SSSR count). The van der Waals surface area contributed by atoms with Crippen LogP contribution in [-0.2, 0) is 0 Å². The summed E-state index contributed by atoms with van der Waals surface area (Å²) in [5.41, 5.74) is 3.44. The van der Waals surface area contributed by atoms with Crippen LogP contribution in [-0.4, -0.2) is 29.9 Å². The minimum atomic E-state index is -0.236. The molecule has 6 nitrogen and oxygen atoms in total. The molecule has 0 saturated heterocycles. The van der Waals surface area contributed by atoms with E-state index < -0.39 is 0 Å². The van der Waals surface area contributed by atoms with Crippen LogP contribution < -0.4 is 14.8 Å². The number of carbonyl (C=O) groups is 1. The van der Waals surface area contributed by atoms with Crippen LogP contribution in [0.5, 0.6) is 11.5 Å². The van der Waals surface area contributed by atoms with Gasteiger partial charge in [0.05, 0.1) is 25.6 Å². The van der Waals surface area contributed by atoms with E-state index in [0.29, 0.717) is 28.8 Å². The van der Waals surface area contributed by atoms with Gasteiger partial charge in [-0.2, -0.15) is 5.10 Å². The summed E-state index contributed by atoms with van der Waals surface area (Å²) in [5, 5.41) is 7.86. The number of hydrogen-bond acceptors (Lipinski definition) is 4. The van der Waals surface area contributed by atoms with Crippen LogP contribution in [0.2, 0.25) is 0 Å². The van der Waals surface area contributed by atoms with Crippen molar-refractivity contribution in [2.75, 3.05) is 19.5 Å². The number of anilines is 1. The van der Waals surface area contributed by atoms with E-state index in [0.717, 1.165) is 29.8 Å². The predicted octanol–water partition coefficient (Wildman–Crippen LogP) is 4.33. The zero-order chi connectivity index (χ0) is 19.7. The number of nitrogens with one attached hydrogen (secondary N) is 1. The van der Waals surface area contributed by atoms with Crippen molar-refractivity contribution >= 4 is 11.7 Å². The standard InChI is InChI=1S/C22H23N3O3/c1-14-20(15-9-10-15)24-25(17-7-5-4-6-8-17)21(14)23-22(26)16-11-18(27-2)13-19(12-16)28-3/h4-8,11-13,15H,9-10H2,1-3H3,(H,23,26). The summed E-state index contributed by atoms with van der Waals surface area (Å²) in [5.74, 6) is 2.07. The molecule has 1 N–H and O–H groups in total. The lowest BCUT2D eigenvalue weighted by Gasteiger charge is -2.12. The van der Waals surface area contributed by atoms with Gasteiger partial charge in [0.1, 0.15) is 17.3 Å². The fourth-order valence-corrected chi connectivity index (χ4v) is 3.28. The number of ether oxygens (including phenoxy) is 2. The Morgan fingerprint density at radius 2 is 1.71 bits per heavy atom. The summed E-state index contributed by atoms with van der Waals surface area (Å²) in [6, 6.07) is 15.0. The van der Waals surface area contributed by atoms with E-state index in [1.54, 1.807) is 32.4 Å². The Hall–Kier alpha value is -3.28. The lowest BCUT2D eigenvalue weighted by Crippen LogP contribution is -2.16. The summed E-state index contributed by atoms with van der Waals surface area (Å²) in [7, 11) is 3.12. The summed E-state index contributed by atoms with van der Waals surface area (Å²) < 4.78 is 12.4. The average molecular weight is 377 g/mol. The molecule has 1 aliphatic carbocycles. The molecule has 28 heavy (non-hydrogen) atoms. The third-order valence-electron chi connectivity index (χ3n) is 4.97. The molecule has 0 spiro atoms. The number of benzene rings is 2. The van der Waals surface area contributed by atoms with E-state index in [-0.39, 0.29) is 5.91 Å². The average Bonchev–Trinajstić information content (AvgIpc) is 3.53. The van der Waals surface area contributed by atoms with Crippen molar-refractivity contribution < 1.29 is 14.3 Å². The van der Waals surface area contributed by atoms with E-state index >= 15 is 0 Å². The maximum absolute atomic E-state index is 13.0. The van der Waals surface area contributed by atoms with Gasteiger partial charge < -0.3 is 14.8 Å². The lowest BCUT2D eigenvalue weighted by molar-refractivity contribution is 0.102. The second-order valence-electron chi connectivity index (χ2n) is 6.94. The topological polar surface area (TPSA) is 65.4 Å². The van der Waals surface area contributed by atoms with Crippen LogP contribution in [0.15, 0.2) is 48.5 Å². The highest BCUT2D eigenvalue weighted by molar-refractivity contribution is 6.05. The summed E-state index contributed by atoms with van der Waals surface area (Å²) in [6.45, 7) is 2.02. The number of aromatic nitrogens is 2. The number of methoxy groups -OCH3 is 2. The Labute approximate surface area is 164 Å². The first-order valence-corrected chi connectivity index (χ1v) is 9.30. The van der Waals surface area contributed by atoms with Crippen LogP contribution in [0.1, 0.15) is 40.4 Å². The molecule has 1 aliphatic rings. The summed E-state index contributed by atoms with van der Waals surface area (Å²) in [6.07, 6.45) is 2.29. The number of amides is 1. The van der Waals surface area contributed by atoms with Gasteiger partial charge in [0.25, 0.3) is 5.91 Å². The molecule has 6 heteroatoms. The van der Waals surface area contributed by atoms with Gasteiger partial charge in [-0.25, -0.2) is 4.68 Å². The number of carbonyl (C=O) groups excluding carboxylic acids is 1. The Morgan fingerprint density at radius 1 is 1.07 bits per heavy atom. The van der Waals surface area contributed by atoms with Crippen LogP contribution in [0.3, 0.4) is 0 Å². The molecule has 1 amide bonds. The Balaban J connectivity index is 1.72. The van der Waals surface area contributed by atoms with Gasteiger partial charge in [0, 0.05) is 23.1 Å². The molecule has 3 aromatic rings. The molecule has 144 valence electrons. The third kappa shape index (κ3) is 3.45. The SMILES string of the molecule is COc1cc(OC)cc(C(=O)Nc2c(C)c(C3CC3)nn2-c2ccccc2)c1. The first kappa shape index (κ1) is 18.1. The maximum atomic E-state index is 13.0. The van der Waals surface area contributed by atoms with Crippen molar-refractivity contribution in [1.29, 1.82) is 0 Å². The van der Waals surface area contributed by atoms with Gasteiger partial charge in [-0.1, -0.05) is 18.2 Å². The second-order valence-corrected chi connectivity index (χ2v) is 6.94. The number of para-hydroxylation sites is 1. The lowest BCUT2D eigenvalue weighted by atomic mass is 10.1. The highest BCUT2D eigenvalue weighted by Crippen LogP contribution is 2.43. The highest BCUT2D eigenvalue weighted by Gasteiger charge is 2.31. The molecule has 1 saturated carbocycles. The largest absolute Gasteiger partial charge is 0.497 e. The fourth-order valence-electron chi connectivity index (χ4n) is 3.28. The molecule has 0 radical (unpaired) electrons. The predicted molar refractivity (Wildman–Crippen MR) is 108 cm³/mol. The quantitative estimate of drug-likeness (QED) is 0.694. The van der Waals surface area contributed by atoms with Gasteiger partial charge in [-0.05, 0) is 44.0 Å². The number of hydrogen-bond donors (Lipinski definition) is 1. The van der Waals surface area contributed by atoms with E-state index in [1.807, 2.05) is 41.9 Å². The van der Waals surface area contributed by atoms with Crippen molar-refractivity contribution in [2.24, 2.45) is 0 Å². The highest BCUT2D eigenvalue weighted by atomic mass is 16.5. The van der Waals surface area contributed by atoms with Crippen molar-refractivity contribution in [3.8, 4) is 17.2 Å².